The van der Waals surface area contributed by atoms with E-state index >= 15 is 0 Å². The van der Waals surface area contributed by atoms with Crippen LogP contribution in [0, 0.1) is 0 Å². The van der Waals surface area contributed by atoms with E-state index in [2.05, 4.69) is 10.6 Å². The van der Waals surface area contributed by atoms with Crippen LogP contribution in [0.15, 0.2) is 42.5 Å². The van der Waals surface area contributed by atoms with Crippen LogP contribution in [-0.2, 0) is 17.5 Å². The molecule has 2 rings (SSSR count). The van der Waals surface area contributed by atoms with Gasteiger partial charge in [0.2, 0.25) is 5.91 Å². The first kappa shape index (κ1) is 18.9. The summed E-state index contributed by atoms with van der Waals surface area (Å²) in [5.41, 5.74) is -0.268. The number of amides is 1. The van der Waals surface area contributed by atoms with Crippen molar-refractivity contribution in [3.63, 3.8) is 0 Å². The first-order chi connectivity index (χ1) is 11.8. The third-order valence-electron chi connectivity index (χ3n) is 3.38. The predicted molar refractivity (Wildman–Crippen MR) is 89.8 cm³/mol. The number of alkyl halides is 3. The Morgan fingerprint density at radius 2 is 1.84 bits per heavy atom. The lowest BCUT2D eigenvalue weighted by Gasteiger charge is -2.15. The molecule has 0 unspecified atom stereocenters. The first-order valence-electron chi connectivity index (χ1n) is 7.30. The van der Waals surface area contributed by atoms with Gasteiger partial charge in [-0.25, -0.2) is 0 Å². The van der Waals surface area contributed by atoms with Crippen LogP contribution in [0.25, 0.3) is 0 Å². The molecule has 0 aliphatic carbocycles. The molecule has 2 aromatic carbocycles. The number of rotatable bonds is 6. The smallest absolute Gasteiger partial charge is 0.418 e. The summed E-state index contributed by atoms with van der Waals surface area (Å²) in [6, 6.07) is 10.4. The summed E-state index contributed by atoms with van der Waals surface area (Å²) in [6.07, 6.45) is -4.56. The van der Waals surface area contributed by atoms with Crippen molar-refractivity contribution in [3.05, 3.63) is 58.6 Å². The number of nitrogens with one attached hydrogen (secondary N) is 2. The predicted octanol–water partition coefficient (Wildman–Crippen LogP) is 4.10. The van der Waals surface area contributed by atoms with E-state index in [1.165, 1.54) is 12.1 Å². The highest BCUT2D eigenvalue weighted by atomic mass is 35.5. The summed E-state index contributed by atoms with van der Waals surface area (Å²) < 4.78 is 44.0. The van der Waals surface area contributed by atoms with Crippen molar-refractivity contribution in [3.8, 4) is 5.75 Å². The summed E-state index contributed by atoms with van der Waals surface area (Å²) in [6.45, 7) is -0.0296. The number of benzene rings is 2. The van der Waals surface area contributed by atoms with Crippen LogP contribution in [0.3, 0.4) is 0 Å². The van der Waals surface area contributed by atoms with Crippen molar-refractivity contribution in [1.82, 2.24) is 5.32 Å². The van der Waals surface area contributed by atoms with Gasteiger partial charge in [0, 0.05) is 17.3 Å². The molecule has 0 atom stereocenters. The Balaban J connectivity index is 1.91. The van der Waals surface area contributed by atoms with E-state index in [0.29, 0.717) is 5.75 Å². The Hall–Kier alpha value is -2.41. The van der Waals surface area contributed by atoms with Crippen LogP contribution in [0.2, 0.25) is 5.02 Å². The van der Waals surface area contributed by atoms with E-state index in [1.54, 1.807) is 31.4 Å². The number of carbonyl (C=O) groups is 1. The van der Waals surface area contributed by atoms with Crippen molar-refractivity contribution in [2.45, 2.75) is 12.7 Å². The third kappa shape index (κ3) is 5.56. The molecule has 0 spiro atoms. The van der Waals surface area contributed by atoms with Crippen LogP contribution in [0.1, 0.15) is 11.1 Å². The van der Waals surface area contributed by atoms with Gasteiger partial charge in [-0.15, -0.1) is 0 Å². The third-order valence-corrected chi connectivity index (χ3v) is 3.61. The molecular weight excluding hydrogens is 357 g/mol. The fraction of sp³-hybridized carbons (Fsp3) is 0.235. The molecule has 0 fully saturated rings. The molecule has 2 N–H and O–H groups in total. The quantitative estimate of drug-likeness (QED) is 0.802. The summed E-state index contributed by atoms with van der Waals surface area (Å²) >= 11 is 5.61. The van der Waals surface area contributed by atoms with Crippen molar-refractivity contribution >= 4 is 23.2 Å². The molecule has 4 nitrogen and oxygen atoms in total. The van der Waals surface area contributed by atoms with E-state index in [-0.39, 0.29) is 23.8 Å². The van der Waals surface area contributed by atoms with Crippen LogP contribution in [0.4, 0.5) is 18.9 Å². The number of hydrogen-bond donors (Lipinski definition) is 2. The Labute approximate surface area is 147 Å². The fourth-order valence-corrected chi connectivity index (χ4v) is 2.26. The van der Waals surface area contributed by atoms with Gasteiger partial charge in [-0.05, 0) is 35.9 Å². The van der Waals surface area contributed by atoms with Gasteiger partial charge in [0.1, 0.15) is 5.75 Å². The highest BCUT2D eigenvalue weighted by Crippen LogP contribution is 2.36. The number of hydrogen-bond acceptors (Lipinski definition) is 3. The van der Waals surface area contributed by atoms with Gasteiger partial charge in [0.25, 0.3) is 0 Å². The fourth-order valence-electron chi connectivity index (χ4n) is 2.09. The standard InChI is InChI=1S/C17H16ClF3N2O2/c1-25-13-5-2-11(3-6-13)9-23-16(24)10-22-15-7-4-12(18)8-14(15)17(19,20)21/h2-8,22H,9-10H2,1H3,(H,23,24). The Bertz CT molecular complexity index is 734. The van der Waals surface area contributed by atoms with Gasteiger partial charge in [-0.2, -0.15) is 13.2 Å². The van der Waals surface area contributed by atoms with Crippen molar-refractivity contribution in [2.24, 2.45) is 0 Å². The highest BCUT2D eigenvalue weighted by molar-refractivity contribution is 6.30. The Morgan fingerprint density at radius 1 is 1.16 bits per heavy atom. The minimum absolute atomic E-state index is 0.0261. The van der Waals surface area contributed by atoms with Gasteiger partial charge in [0.15, 0.2) is 0 Å². The molecule has 0 saturated heterocycles. The second-order valence-electron chi connectivity index (χ2n) is 5.17. The van der Waals surface area contributed by atoms with Gasteiger partial charge < -0.3 is 15.4 Å². The largest absolute Gasteiger partial charge is 0.497 e. The summed E-state index contributed by atoms with van der Waals surface area (Å²) in [5.74, 6) is 0.262. The van der Waals surface area contributed by atoms with Gasteiger partial charge in [-0.1, -0.05) is 23.7 Å². The number of methoxy groups -OCH3 is 1. The highest BCUT2D eigenvalue weighted by Gasteiger charge is 2.33. The van der Waals surface area contributed by atoms with Crippen molar-refractivity contribution in [1.29, 1.82) is 0 Å². The number of ether oxygens (including phenoxy) is 1. The normalized spacial score (nSPS) is 11.1. The second kappa shape index (κ2) is 8.11. The molecule has 0 radical (unpaired) electrons. The van der Waals surface area contributed by atoms with Crippen LogP contribution < -0.4 is 15.4 Å². The molecule has 0 aliphatic rings. The molecule has 0 saturated carbocycles. The molecule has 0 bridgehead atoms. The molecule has 0 heterocycles. The maximum Gasteiger partial charge on any atom is 0.418 e. The average molecular weight is 373 g/mol. The summed E-state index contributed by atoms with van der Waals surface area (Å²) in [5, 5.41) is 5.09. The van der Waals surface area contributed by atoms with Gasteiger partial charge in [0.05, 0.1) is 19.2 Å². The maximum absolute atomic E-state index is 13.0. The number of anilines is 1. The number of carbonyl (C=O) groups excluding carboxylic acids is 1. The van der Waals surface area contributed by atoms with Crippen LogP contribution in [0.5, 0.6) is 5.75 Å². The van der Waals surface area contributed by atoms with Crippen LogP contribution >= 0.6 is 11.6 Å². The zero-order valence-corrected chi connectivity index (χ0v) is 14.0. The van der Waals surface area contributed by atoms with Crippen molar-refractivity contribution < 1.29 is 22.7 Å². The molecule has 1 amide bonds. The van der Waals surface area contributed by atoms with Gasteiger partial charge >= 0.3 is 6.18 Å². The van der Waals surface area contributed by atoms with Crippen molar-refractivity contribution in [2.75, 3.05) is 19.0 Å². The minimum Gasteiger partial charge on any atom is -0.497 e. The molecule has 2 aromatic rings. The van der Waals surface area contributed by atoms with E-state index < -0.39 is 17.6 Å². The summed E-state index contributed by atoms with van der Waals surface area (Å²) in [4.78, 5) is 11.8. The molecule has 134 valence electrons. The first-order valence-corrected chi connectivity index (χ1v) is 7.67. The monoisotopic (exact) mass is 372 g/mol. The zero-order chi connectivity index (χ0) is 18.4. The molecule has 0 aliphatic heterocycles. The molecule has 25 heavy (non-hydrogen) atoms. The lowest BCUT2D eigenvalue weighted by Crippen LogP contribution is -2.29. The van der Waals surface area contributed by atoms with E-state index in [0.717, 1.165) is 11.6 Å². The lowest BCUT2D eigenvalue weighted by molar-refractivity contribution is -0.137. The topological polar surface area (TPSA) is 50.4 Å². The Kier molecular flexibility index (Phi) is 6.14. The average Bonchev–Trinajstić information content (AvgIpc) is 2.58. The Morgan fingerprint density at radius 3 is 2.44 bits per heavy atom. The van der Waals surface area contributed by atoms with E-state index in [1.807, 2.05) is 0 Å². The van der Waals surface area contributed by atoms with Crippen LogP contribution in [-0.4, -0.2) is 19.6 Å². The van der Waals surface area contributed by atoms with E-state index in [9.17, 15) is 18.0 Å². The second-order valence-corrected chi connectivity index (χ2v) is 5.60. The molecule has 8 heteroatoms. The lowest BCUT2D eigenvalue weighted by atomic mass is 10.1. The summed E-state index contributed by atoms with van der Waals surface area (Å²) in [7, 11) is 1.55. The van der Waals surface area contributed by atoms with Gasteiger partial charge in [-0.3, -0.25) is 4.79 Å². The maximum atomic E-state index is 13.0. The number of halogens is 4. The molecular formula is C17H16ClF3N2O2. The SMILES string of the molecule is COc1ccc(CNC(=O)CNc2ccc(Cl)cc2C(F)(F)F)cc1. The minimum atomic E-state index is -4.56. The van der Waals surface area contributed by atoms with E-state index in [4.69, 9.17) is 16.3 Å². The molecule has 0 aromatic heterocycles. The zero-order valence-electron chi connectivity index (χ0n) is 13.3.